The molecule has 6 nitrogen and oxygen atoms in total. The first-order valence-corrected chi connectivity index (χ1v) is 6.70. The molecule has 0 spiro atoms. The minimum Gasteiger partial charge on any atom is -0.465 e. The van der Waals surface area contributed by atoms with Crippen LogP contribution in [0.2, 0.25) is 0 Å². The first-order valence-electron chi connectivity index (χ1n) is 6.70. The normalized spacial score (nSPS) is 10.1. The Morgan fingerprint density at radius 2 is 1.48 bits per heavy atom. The maximum Gasteiger partial charge on any atom is 0.324 e. The van der Waals surface area contributed by atoms with Crippen molar-refractivity contribution in [2.24, 2.45) is 0 Å². The van der Waals surface area contributed by atoms with Gasteiger partial charge in [0.1, 0.15) is 0 Å². The Kier molecular flexibility index (Phi) is 6.39. The zero-order valence-corrected chi connectivity index (χ0v) is 12.3. The third-order valence-corrected chi connectivity index (χ3v) is 2.61. The van der Waals surface area contributed by atoms with Crippen LogP contribution in [0.1, 0.15) is 32.3 Å². The van der Waals surface area contributed by atoms with Gasteiger partial charge in [-0.15, -0.1) is 0 Å². The van der Waals surface area contributed by atoms with Gasteiger partial charge in [0.15, 0.2) is 5.92 Å². The highest BCUT2D eigenvalue weighted by atomic mass is 16.6. The summed E-state index contributed by atoms with van der Waals surface area (Å²) in [5.74, 6) is -2.61. The third kappa shape index (κ3) is 4.91. The number of carbonyl (C=O) groups is 3. The van der Waals surface area contributed by atoms with Crippen LogP contribution in [0, 0.1) is 0 Å². The fourth-order valence-electron chi connectivity index (χ4n) is 1.78. The Morgan fingerprint density at radius 3 is 1.86 bits per heavy atom. The van der Waals surface area contributed by atoms with Crippen molar-refractivity contribution in [3.63, 3.8) is 0 Å². The van der Waals surface area contributed by atoms with Crippen LogP contribution in [0.5, 0.6) is 0 Å². The number of rotatable bonds is 6. The molecule has 0 fully saturated rings. The molecule has 1 amide bonds. The van der Waals surface area contributed by atoms with Gasteiger partial charge in [-0.3, -0.25) is 14.4 Å². The van der Waals surface area contributed by atoms with Crippen molar-refractivity contribution in [2.75, 3.05) is 18.5 Å². The lowest BCUT2D eigenvalue weighted by molar-refractivity contribution is -0.157. The molecule has 0 saturated carbocycles. The van der Waals surface area contributed by atoms with E-state index in [9.17, 15) is 14.4 Å². The van der Waals surface area contributed by atoms with Crippen molar-refractivity contribution in [3.05, 3.63) is 29.8 Å². The van der Waals surface area contributed by atoms with Gasteiger partial charge in [0, 0.05) is 12.6 Å². The molecule has 0 saturated heterocycles. The summed E-state index contributed by atoms with van der Waals surface area (Å²) in [7, 11) is 0. The largest absolute Gasteiger partial charge is 0.465 e. The Bertz CT molecular complexity index is 491. The van der Waals surface area contributed by atoms with E-state index in [1.54, 1.807) is 38.1 Å². The third-order valence-electron chi connectivity index (χ3n) is 2.61. The average molecular weight is 293 g/mol. The van der Waals surface area contributed by atoms with Gasteiger partial charge >= 0.3 is 11.9 Å². The number of amides is 1. The monoisotopic (exact) mass is 293 g/mol. The molecule has 0 unspecified atom stereocenters. The highest BCUT2D eigenvalue weighted by Crippen LogP contribution is 2.21. The topological polar surface area (TPSA) is 81.7 Å². The molecule has 1 aromatic carbocycles. The summed E-state index contributed by atoms with van der Waals surface area (Å²) in [4.78, 5) is 34.8. The van der Waals surface area contributed by atoms with Crippen molar-refractivity contribution in [1.29, 1.82) is 0 Å². The van der Waals surface area contributed by atoms with Crippen molar-refractivity contribution >= 4 is 23.5 Å². The van der Waals surface area contributed by atoms with E-state index in [1.165, 1.54) is 6.92 Å². The van der Waals surface area contributed by atoms with Crippen LogP contribution in [-0.4, -0.2) is 31.1 Å². The average Bonchev–Trinajstić information content (AvgIpc) is 2.41. The smallest absolute Gasteiger partial charge is 0.324 e. The molecule has 0 atom stereocenters. The number of benzene rings is 1. The van der Waals surface area contributed by atoms with Crippen LogP contribution in [0.3, 0.4) is 0 Å². The second-order valence-electron chi connectivity index (χ2n) is 4.24. The van der Waals surface area contributed by atoms with Gasteiger partial charge in [0.05, 0.1) is 13.2 Å². The van der Waals surface area contributed by atoms with Crippen LogP contribution < -0.4 is 5.32 Å². The lowest BCUT2D eigenvalue weighted by Crippen LogP contribution is -2.26. The Morgan fingerprint density at radius 1 is 1.00 bits per heavy atom. The molecule has 114 valence electrons. The molecule has 1 rings (SSSR count). The van der Waals surface area contributed by atoms with E-state index in [4.69, 9.17) is 9.47 Å². The molecule has 0 aliphatic rings. The van der Waals surface area contributed by atoms with Crippen LogP contribution in [0.25, 0.3) is 0 Å². The molecule has 0 heterocycles. The summed E-state index contributed by atoms with van der Waals surface area (Å²) >= 11 is 0. The number of anilines is 1. The molecule has 0 aromatic heterocycles. The molecule has 6 heteroatoms. The minimum atomic E-state index is -1.11. The summed E-state index contributed by atoms with van der Waals surface area (Å²) in [5, 5.41) is 2.61. The molecule has 0 bridgehead atoms. The van der Waals surface area contributed by atoms with Gasteiger partial charge in [0.25, 0.3) is 0 Å². The Balaban J connectivity index is 2.99. The highest BCUT2D eigenvalue weighted by molar-refractivity contribution is 6.01. The predicted octanol–water partition coefficient (Wildman–Crippen LogP) is 1.85. The summed E-state index contributed by atoms with van der Waals surface area (Å²) in [6.45, 7) is 5.09. The summed E-state index contributed by atoms with van der Waals surface area (Å²) < 4.78 is 9.82. The van der Waals surface area contributed by atoms with E-state index in [-0.39, 0.29) is 19.1 Å². The van der Waals surface area contributed by atoms with E-state index >= 15 is 0 Å². The first-order chi connectivity index (χ1) is 9.99. The van der Waals surface area contributed by atoms with Crippen molar-refractivity contribution in [3.8, 4) is 0 Å². The SMILES string of the molecule is CCOC(=O)C(C(=O)OCC)c1ccc(NC(C)=O)cc1. The van der Waals surface area contributed by atoms with Gasteiger partial charge in [-0.1, -0.05) is 12.1 Å². The van der Waals surface area contributed by atoms with Gasteiger partial charge < -0.3 is 14.8 Å². The zero-order chi connectivity index (χ0) is 15.8. The molecule has 21 heavy (non-hydrogen) atoms. The van der Waals surface area contributed by atoms with Gasteiger partial charge in [-0.25, -0.2) is 0 Å². The maximum atomic E-state index is 11.9. The predicted molar refractivity (Wildman–Crippen MR) is 76.8 cm³/mol. The summed E-state index contributed by atoms with van der Waals surface area (Å²) in [6, 6.07) is 6.40. The number of hydrogen-bond donors (Lipinski definition) is 1. The van der Waals surface area contributed by atoms with Crippen LogP contribution in [0.15, 0.2) is 24.3 Å². The van der Waals surface area contributed by atoms with Gasteiger partial charge in [0.2, 0.25) is 5.91 Å². The first kappa shape index (κ1) is 16.7. The number of hydrogen-bond acceptors (Lipinski definition) is 5. The Hall–Kier alpha value is -2.37. The standard InChI is InChI=1S/C15H19NO5/c1-4-20-14(18)13(15(19)21-5-2)11-6-8-12(9-7-11)16-10(3)17/h6-9,13H,4-5H2,1-3H3,(H,16,17). The maximum absolute atomic E-state index is 11.9. The number of ether oxygens (including phenoxy) is 2. The van der Waals surface area contributed by atoms with Crippen LogP contribution in [-0.2, 0) is 23.9 Å². The van der Waals surface area contributed by atoms with Gasteiger partial charge in [-0.2, -0.15) is 0 Å². The summed E-state index contributed by atoms with van der Waals surface area (Å²) in [5.41, 5.74) is 1.04. The van der Waals surface area contributed by atoms with Crippen molar-refractivity contribution in [2.45, 2.75) is 26.7 Å². The second-order valence-corrected chi connectivity index (χ2v) is 4.24. The van der Waals surface area contributed by atoms with E-state index < -0.39 is 17.9 Å². The molecule has 1 aromatic rings. The molecular formula is C15H19NO5. The molecular weight excluding hydrogens is 274 g/mol. The van der Waals surface area contributed by atoms with E-state index in [0.717, 1.165) is 0 Å². The summed E-state index contributed by atoms with van der Waals surface area (Å²) in [6.07, 6.45) is 0. The zero-order valence-electron chi connectivity index (χ0n) is 12.3. The molecule has 1 N–H and O–H groups in total. The number of carbonyl (C=O) groups excluding carboxylic acids is 3. The number of nitrogens with one attached hydrogen (secondary N) is 1. The second kappa shape index (κ2) is 8.04. The molecule has 0 aliphatic heterocycles. The lowest BCUT2D eigenvalue weighted by Gasteiger charge is -2.15. The Labute approximate surface area is 123 Å². The molecule has 0 radical (unpaired) electrons. The van der Waals surface area contributed by atoms with E-state index in [1.807, 2.05) is 0 Å². The number of esters is 2. The van der Waals surface area contributed by atoms with Gasteiger partial charge in [-0.05, 0) is 31.5 Å². The fourth-order valence-corrected chi connectivity index (χ4v) is 1.78. The molecule has 0 aliphatic carbocycles. The minimum absolute atomic E-state index is 0.179. The fraction of sp³-hybridized carbons (Fsp3) is 0.400. The van der Waals surface area contributed by atoms with Crippen LogP contribution in [0.4, 0.5) is 5.69 Å². The van der Waals surface area contributed by atoms with Crippen LogP contribution >= 0.6 is 0 Å². The van der Waals surface area contributed by atoms with E-state index in [0.29, 0.717) is 11.3 Å². The van der Waals surface area contributed by atoms with Crippen molar-refractivity contribution in [1.82, 2.24) is 0 Å². The lowest BCUT2D eigenvalue weighted by atomic mass is 9.99. The van der Waals surface area contributed by atoms with Crippen molar-refractivity contribution < 1.29 is 23.9 Å². The highest BCUT2D eigenvalue weighted by Gasteiger charge is 2.31. The quantitative estimate of drug-likeness (QED) is 0.639. The van der Waals surface area contributed by atoms with E-state index in [2.05, 4.69) is 5.32 Å².